The minimum Gasteiger partial charge on any atom is -0.450 e. The molecule has 4 rings (SSSR count). The third kappa shape index (κ3) is 2.27. The van der Waals surface area contributed by atoms with Gasteiger partial charge >= 0.3 is 0 Å². The maximum absolute atomic E-state index is 14.5. The second kappa shape index (κ2) is 5.84. The number of para-hydroxylation sites is 1. The van der Waals surface area contributed by atoms with Crippen molar-refractivity contribution in [2.24, 2.45) is 0 Å². The summed E-state index contributed by atoms with van der Waals surface area (Å²) in [6.07, 6.45) is 0.693. The van der Waals surface area contributed by atoms with E-state index in [0.717, 1.165) is 0 Å². The van der Waals surface area contributed by atoms with Crippen LogP contribution in [0.2, 0.25) is 0 Å². The van der Waals surface area contributed by atoms with E-state index >= 15 is 0 Å². The molecule has 0 aliphatic carbocycles. The number of hydrogen-bond donors (Lipinski definition) is 0. The molecule has 1 amide bonds. The first-order valence-electron chi connectivity index (χ1n) is 8.24. The number of amides is 1. The molecule has 0 N–H and O–H groups in total. The smallest absolute Gasteiger partial charge is 0.290 e. The van der Waals surface area contributed by atoms with Crippen molar-refractivity contribution >= 4 is 16.9 Å². The van der Waals surface area contributed by atoms with Gasteiger partial charge in [0.1, 0.15) is 11.4 Å². The van der Waals surface area contributed by atoms with Gasteiger partial charge in [-0.1, -0.05) is 37.3 Å². The van der Waals surface area contributed by atoms with Crippen molar-refractivity contribution in [3.8, 4) is 0 Å². The Labute approximate surface area is 143 Å². The van der Waals surface area contributed by atoms with Crippen LogP contribution in [0.4, 0.5) is 4.39 Å². The van der Waals surface area contributed by atoms with Gasteiger partial charge in [0.05, 0.1) is 17.0 Å². The van der Waals surface area contributed by atoms with E-state index in [4.69, 9.17) is 4.42 Å². The van der Waals surface area contributed by atoms with Gasteiger partial charge in [-0.2, -0.15) is 0 Å². The Morgan fingerprint density at radius 3 is 2.56 bits per heavy atom. The van der Waals surface area contributed by atoms with Crippen LogP contribution in [0.3, 0.4) is 0 Å². The first-order chi connectivity index (χ1) is 12.1. The SMILES string of the molecule is CCCN1C(=O)c2oc3ccccc3c(=O)c2[C@H]1c1ccccc1F. The van der Waals surface area contributed by atoms with Crippen molar-refractivity contribution in [2.45, 2.75) is 19.4 Å². The highest BCUT2D eigenvalue weighted by Crippen LogP contribution is 2.38. The monoisotopic (exact) mass is 337 g/mol. The Balaban J connectivity index is 2.04. The molecule has 3 aromatic rings. The minimum atomic E-state index is -0.760. The Kier molecular flexibility index (Phi) is 3.64. The van der Waals surface area contributed by atoms with Gasteiger partial charge in [-0.25, -0.2) is 4.39 Å². The molecular weight excluding hydrogens is 321 g/mol. The lowest BCUT2D eigenvalue weighted by molar-refractivity contribution is 0.0726. The highest BCUT2D eigenvalue weighted by Gasteiger charge is 2.43. The van der Waals surface area contributed by atoms with E-state index in [2.05, 4.69) is 0 Å². The van der Waals surface area contributed by atoms with Gasteiger partial charge in [-0.05, 0) is 24.6 Å². The molecular formula is C20H16FNO3. The minimum absolute atomic E-state index is 0.0189. The molecule has 1 aliphatic rings. The van der Waals surface area contributed by atoms with Crippen LogP contribution in [0.25, 0.3) is 11.0 Å². The van der Waals surface area contributed by atoms with Crippen LogP contribution >= 0.6 is 0 Å². The van der Waals surface area contributed by atoms with Gasteiger partial charge in [0.25, 0.3) is 5.91 Å². The first-order valence-corrected chi connectivity index (χ1v) is 8.24. The molecule has 1 atom stereocenters. The maximum Gasteiger partial charge on any atom is 0.290 e. The number of hydrogen-bond acceptors (Lipinski definition) is 3. The van der Waals surface area contributed by atoms with Crippen molar-refractivity contribution in [1.82, 2.24) is 4.90 Å². The zero-order valence-corrected chi connectivity index (χ0v) is 13.7. The largest absolute Gasteiger partial charge is 0.450 e. The molecule has 0 unspecified atom stereocenters. The average molecular weight is 337 g/mol. The predicted octanol–water partition coefficient (Wildman–Crippen LogP) is 3.89. The van der Waals surface area contributed by atoms with Crippen LogP contribution in [-0.2, 0) is 0 Å². The highest BCUT2D eigenvalue weighted by molar-refractivity contribution is 5.99. The summed E-state index contributed by atoms with van der Waals surface area (Å²) in [4.78, 5) is 27.4. The number of nitrogens with zero attached hydrogens (tertiary/aromatic N) is 1. The van der Waals surface area contributed by atoms with E-state index in [-0.39, 0.29) is 22.7 Å². The molecule has 126 valence electrons. The standard InChI is InChI=1S/C20H16FNO3/c1-2-11-22-17(12-7-3-5-9-14(12)21)16-18(23)13-8-4-6-10-15(13)25-19(16)20(22)24/h3-10,17H,2,11H2,1H3/t17-/m1/s1. The van der Waals surface area contributed by atoms with E-state index in [1.165, 1.54) is 11.0 Å². The second-order valence-electron chi connectivity index (χ2n) is 6.09. The molecule has 2 heterocycles. The second-order valence-corrected chi connectivity index (χ2v) is 6.09. The van der Waals surface area contributed by atoms with Crippen LogP contribution < -0.4 is 5.43 Å². The lowest BCUT2D eigenvalue weighted by atomic mass is 9.98. The number of carbonyl (C=O) groups is 1. The van der Waals surface area contributed by atoms with Gasteiger partial charge in [0.15, 0.2) is 5.43 Å². The van der Waals surface area contributed by atoms with Crippen molar-refractivity contribution in [3.05, 3.63) is 81.5 Å². The number of rotatable bonds is 3. The van der Waals surface area contributed by atoms with Crippen molar-refractivity contribution in [2.75, 3.05) is 6.54 Å². The average Bonchev–Trinajstić information content (AvgIpc) is 2.89. The Bertz CT molecular complexity index is 1040. The summed E-state index contributed by atoms with van der Waals surface area (Å²) in [5.41, 5.74) is 0.621. The molecule has 5 heteroatoms. The molecule has 2 aromatic carbocycles. The molecule has 0 spiro atoms. The lowest BCUT2D eigenvalue weighted by Crippen LogP contribution is -2.30. The summed E-state index contributed by atoms with van der Waals surface area (Å²) in [6.45, 7) is 2.35. The summed E-state index contributed by atoms with van der Waals surface area (Å²) >= 11 is 0. The summed E-state index contributed by atoms with van der Waals surface area (Å²) in [5, 5.41) is 0.397. The quantitative estimate of drug-likeness (QED) is 0.728. The van der Waals surface area contributed by atoms with Crippen LogP contribution in [0, 0.1) is 5.82 Å². The van der Waals surface area contributed by atoms with Gasteiger partial charge in [0.2, 0.25) is 5.76 Å². The number of carbonyl (C=O) groups excluding carboxylic acids is 1. The molecule has 25 heavy (non-hydrogen) atoms. The fourth-order valence-electron chi connectivity index (χ4n) is 3.46. The predicted molar refractivity (Wildman–Crippen MR) is 92.1 cm³/mol. The fraction of sp³-hybridized carbons (Fsp3) is 0.200. The third-order valence-electron chi connectivity index (χ3n) is 4.54. The topological polar surface area (TPSA) is 50.5 Å². The van der Waals surface area contributed by atoms with Crippen LogP contribution in [0.1, 0.15) is 41.1 Å². The Hall–Kier alpha value is -2.95. The van der Waals surface area contributed by atoms with Gasteiger partial charge in [0, 0.05) is 12.1 Å². The molecule has 0 radical (unpaired) electrons. The lowest BCUT2D eigenvalue weighted by Gasteiger charge is -2.24. The Morgan fingerprint density at radius 2 is 1.80 bits per heavy atom. The van der Waals surface area contributed by atoms with Crippen molar-refractivity contribution < 1.29 is 13.6 Å². The van der Waals surface area contributed by atoms with Crippen LogP contribution in [0.15, 0.2) is 57.7 Å². The van der Waals surface area contributed by atoms with Crippen molar-refractivity contribution in [1.29, 1.82) is 0 Å². The van der Waals surface area contributed by atoms with Gasteiger partial charge in [-0.15, -0.1) is 0 Å². The first kappa shape index (κ1) is 15.6. The zero-order valence-electron chi connectivity index (χ0n) is 13.7. The zero-order chi connectivity index (χ0) is 17.6. The summed E-state index contributed by atoms with van der Waals surface area (Å²) in [7, 11) is 0. The number of benzene rings is 2. The van der Waals surface area contributed by atoms with Crippen LogP contribution in [-0.4, -0.2) is 17.4 Å². The normalized spacial score (nSPS) is 16.5. The van der Waals surface area contributed by atoms with Crippen molar-refractivity contribution in [3.63, 3.8) is 0 Å². The van der Waals surface area contributed by atoms with Gasteiger partial charge < -0.3 is 9.32 Å². The van der Waals surface area contributed by atoms with E-state index in [1.807, 2.05) is 6.92 Å². The maximum atomic E-state index is 14.5. The fourth-order valence-corrected chi connectivity index (χ4v) is 3.46. The van der Waals surface area contributed by atoms with E-state index in [0.29, 0.717) is 29.5 Å². The molecule has 0 bridgehead atoms. The number of fused-ring (bicyclic) bond motifs is 2. The van der Waals surface area contributed by atoms with E-state index in [9.17, 15) is 14.0 Å². The summed E-state index contributed by atoms with van der Waals surface area (Å²) in [6, 6.07) is 12.3. The third-order valence-corrected chi connectivity index (χ3v) is 4.54. The Morgan fingerprint density at radius 1 is 1.08 bits per heavy atom. The summed E-state index contributed by atoms with van der Waals surface area (Å²) in [5.74, 6) is -0.792. The van der Waals surface area contributed by atoms with E-state index in [1.54, 1.807) is 42.5 Å². The molecule has 1 aromatic heterocycles. The molecule has 0 saturated heterocycles. The van der Waals surface area contributed by atoms with Gasteiger partial charge in [-0.3, -0.25) is 9.59 Å². The molecule has 0 fully saturated rings. The highest BCUT2D eigenvalue weighted by atomic mass is 19.1. The van der Waals surface area contributed by atoms with E-state index < -0.39 is 11.9 Å². The number of halogens is 1. The summed E-state index contributed by atoms with van der Waals surface area (Å²) < 4.78 is 20.2. The molecule has 4 nitrogen and oxygen atoms in total. The molecule has 1 aliphatic heterocycles. The van der Waals surface area contributed by atoms with Crippen LogP contribution in [0.5, 0.6) is 0 Å². The molecule has 0 saturated carbocycles.